The van der Waals surface area contributed by atoms with Gasteiger partial charge in [-0.15, -0.1) is 0 Å². The maximum Gasteiger partial charge on any atom is 0.528 e. The van der Waals surface area contributed by atoms with E-state index in [1.54, 1.807) is 0 Å². The van der Waals surface area contributed by atoms with Gasteiger partial charge in [-0.2, -0.15) is 0 Å². The van der Waals surface area contributed by atoms with Crippen LogP contribution in [0.3, 0.4) is 0 Å². The molecular weight excluding hydrogens is 175 g/mol. The summed E-state index contributed by atoms with van der Waals surface area (Å²) in [7, 11) is 1.42. The maximum absolute atomic E-state index is 10.9. The van der Waals surface area contributed by atoms with E-state index in [9.17, 15) is 4.79 Å². The lowest BCUT2D eigenvalue weighted by molar-refractivity contribution is 0.0566. The number of rotatable bonds is 3. The fourth-order valence-corrected chi connectivity index (χ4v) is 0.812. The van der Waals surface area contributed by atoms with Crippen LogP contribution in [-0.2, 0) is 9.39 Å². The highest BCUT2D eigenvalue weighted by Crippen LogP contribution is 2.00. The van der Waals surface area contributed by atoms with Crippen LogP contribution in [0, 0.1) is 0 Å². The minimum Gasteiger partial charge on any atom is -0.463 e. The first-order valence-corrected chi connectivity index (χ1v) is 3.58. The Labute approximate surface area is 75.4 Å². The van der Waals surface area contributed by atoms with E-state index in [2.05, 4.69) is 9.39 Å². The van der Waals surface area contributed by atoms with E-state index in [1.807, 2.05) is 0 Å². The number of furan rings is 1. The van der Waals surface area contributed by atoms with Crippen LogP contribution in [-0.4, -0.2) is 32.3 Å². The fourth-order valence-electron chi connectivity index (χ4n) is 0.812. The van der Waals surface area contributed by atoms with Crippen LogP contribution in [0.5, 0.6) is 0 Å². The van der Waals surface area contributed by atoms with E-state index < -0.39 is 13.1 Å². The van der Waals surface area contributed by atoms with Gasteiger partial charge in [0.15, 0.2) is 0 Å². The predicted molar refractivity (Wildman–Crippen MR) is 44.7 cm³/mol. The van der Waals surface area contributed by atoms with E-state index in [0.717, 1.165) is 0 Å². The SMILES string of the molecule is COB(O)c1ccc(C(=O)OC)o1. The molecule has 70 valence electrons. The lowest BCUT2D eigenvalue weighted by Gasteiger charge is -1.97. The first kappa shape index (κ1) is 9.82. The van der Waals surface area contributed by atoms with Crippen LogP contribution in [0.2, 0.25) is 0 Å². The van der Waals surface area contributed by atoms with Gasteiger partial charge in [0, 0.05) is 7.11 Å². The molecule has 0 spiro atoms. The molecule has 1 rings (SSSR count). The third-order valence-electron chi connectivity index (χ3n) is 1.48. The highest BCUT2D eigenvalue weighted by molar-refractivity contribution is 6.58. The van der Waals surface area contributed by atoms with Crippen molar-refractivity contribution in [1.29, 1.82) is 0 Å². The van der Waals surface area contributed by atoms with Crippen molar-refractivity contribution in [1.82, 2.24) is 0 Å². The number of carbonyl (C=O) groups excluding carboxylic acids is 1. The fraction of sp³-hybridized carbons (Fsp3) is 0.286. The zero-order valence-electron chi connectivity index (χ0n) is 7.31. The Morgan fingerprint density at radius 3 is 2.77 bits per heavy atom. The van der Waals surface area contributed by atoms with Crippen molar-refractivity contribution >= 4 is 18.7 Å². The standard InChI is InChI=1S/C7H9BO5/c1-11-7(9)5-3-4-6(13-5)8(10)12-2/h3-4,10H,1-2H3. The quantitative estimate of drug-likeness (QED) is 0.501. The third kappa shape index (κ3) is 2.10. The predicted octanol–water partition coefficient (Wildman–Crippen LogP) is -0.600. The van der Waals surface area contributed by atoms with Crippen molar-refractivity contribution in [3.8, 4) is 0 Å². The highest BCUT2D eigenvalue weighted by Gasteiger charge is 2.21. The summed E-state index contributed by atoms with van der Waals surface area (Å²) in [5.74, 6) is -0.553. The van der Waals surface area contributed by atoms with Gasteiger partial charge in [0.2, 0.25) is 5.76 Å². The zero-order chi connectivity index (χ0) is 9.84. The molecule has 0 saturated carbocycles. The Morgan fingerprint density at radius 1 is 1.54 bits per heavy atom. The van der Waals surface area contributed by atoms with Crippen molar-refractivity contribution in [2.45, 2.75) is 0 Å². The molecule has 0 aromatic carbocycles. The van der Waals surface area contributed by atoms with Crippen molar-refractivity contribution < 1.29 is 23.6 Å². The molecule has 0 bridgehead atoms. The molecule has 0 unspecified atom stereocenters. The number of esters is 1. The van der Waals surface area contributed by atoms with Crippen LogP contribution in [0.4, 0.5) is 0 Å². The normalized spacial score (nSPS) is 9.77. The van der Waals surface area contributed by atoms with E-state index in [0.29, 0.717) is 0 Å². The molecule has 0 aliphatic carbocycles. The molecule has 13 heavy (non-hydrogen) atoms. The smallest absolute Gasteiger partial charge is 0.463 e. The number of carbonyl (C=O) groups is 1. The van der Waals surface area contributed by atoms with E-state index in [-0.39, 0.29) is 11.4 Å². The average Bonchev–Trinajstić information content (AvgIpc) is 2.64. The number of hydrogen-bond donors (Lipinski definition) is 1. The molecule has 1 aromatic rings. The topological polar surface area (TPSA) is 68.9 Å². The molecule has 0 amide bonds. The van der Waals surface area contributed by atoms with Crippen molar-refractivity contribution in [2.75, 3.05) is 14.2 Å². The first-order valence-electron chi connectivity index (χ1n) is 3.58. The van der Waals surface area contributed by atoms with Gasteiger partial charge in [-0.3, -0.25) is 0 Å². The second kappa shape index (κ2) is 4.11. The Kier molecular flexibility index (Phi) is 3.10. The Balaban J connectivity index is 2.80. The molecule has 0 fully saturated rings. The molecule has 1 N–H and O–H groups in total. The second-order valence-corrected chi connectivity index (χ2v) is 2.28. The van der Waals surface area contributed by atoms with Gasteiger partial charge in [-0.25, -0.2) is 4.79 Å². The summed E-state index contributed by atoms with van der Waals surface area (Å²) in [6.07, 6.45) is 0. The molecule has 1 heterocycles. The maximum atomic E-state index is 10.9. The minimum atomic E-state index is -1.15. The van der Waals surface area contributed by atoms with Crippen molar-refractivity contribution in [3.63, 3.8) is 0 Å². The molecule has 6 heteroatoms. The van der Waals surface area contributed by atoms with Gasteiger partial charge < -0.3 is 18.8 Å². The third-order valence-corrected chi connectivity index (χ3v) is 1.48. The van der Waals surface area contributed by atoms with E-state index in [4.69, 9.17) is 9.44 Å². The summed E-state index contributed by atoms with van der Waals surface area (Å²) in [5, 5.41) is 9.13. The average molecular weight is 184 g/mol. The van der Waals surface area contributed by atoms with Gasteiger partial charge in [0.1, 0.15) is 5.66 Å². The largest absolute Gasteiger partial charge is 0.528 e. The molecule has 0 saturated heterocycles. The van der Waals surface area contributed by atoms with Crippen molar-refractivity contribution in [2.24, 2.45) is 0 Å². The molecule has 1 aromatic heterocycles. The van der Waals surface area contributed by atoms with Gasteiger partial charge in [-0.05, 0) is 12.1 Å². The van der Waals surface area contributed by atoms with Gasteiger partial charge in [0.05, 0.1) is 7.11 Å². The molecule has 0 aliphatic heterocycles. The van der Waals surface area contributed by atoms with Crippen LogP contribution < -0.4 is 5.66 Å². The lowest BCUT2D eigenvalue weighted by atomic mass is 9.87. The number of ether oxygens (including phenoxy) is 1. The molecule has 0 aliphatic rings. The van der Waals surface area contributed by atoms with Gasteiger partial charge >= 0.3 is 13.1 Å². The van der Waals surface area contributed by atoms with Crippen LogP contribution in [0.1, 0.15) is 10.6 Å². The van der Waals surface area contributed by atoms with Crippen LogP contribution in [0.15, 0.2) is 16.5 Å². The van der Waals surface area contributed by atoms with E-state index >= 15 is 0 Å². The summed E-state index contributed by atoms with van der Waals surface area (Å²) in [4.78, 5) is 10.9. The monoisotopic (exact) mass is 184 g/mol. The van der Waals surface area contributed by atoms with Gasteiger partial charge in [-0.1, -0.05) is 0 Å². The summed E-state index contributed by atoms with van der Waals surface area (Å²) in [5.41, 5.74) is 0.169. The number of methoxy groups -OCH3 is 1. The Bertz CT molecular complexity index is 295. The van der Waals surface area contributed by atoms with Crippen LogP contribution >= 0.6 is 0 Å². The molecule has 0 radical (unpaired) electrons. The van der Waals surface area contributed by atoms with Crippen LogP contribution in [0.25, 0.3) is 0 Å². The Morgan fingerprint density at radius 2 is 2.23 bits per heavy atom. The summed E-state index contributed by atoms with van der Waals surface area (Å²) >= 11 is 0. The van der Waals surface area contributed by atoms with Crippen molar-refractivity contribution in [3.05, 3.63) is 17.9 Å². The molecular formula is C7H9BO5. The summed E-state index contributed by atoms with van der Waals surface area (Å²) in [6, 6.07) is 2.85. The highest BCUT2D eigenvalue weighted by atomic mass is 16.5. The minimum absolute atomic E-state index is 0.0357. The van der Waals surface area contributed by atoms with E-state index in [1.165, 1.54) is 26.4 Å². The second-order valence-electron chi connectivity index (χ2n) is 2.28. The molecule has 5 nitrogen and oxygen atoms in total. The number of hydrogen-bond acceptors (Lipinski definition) is 5. The molecule has 0 atom stereocenters. The summed E-state index contributed by atoms with van der Waals surface area (Å²) in [6.45, 7) is 0. The zero-order valence-corrected chi connectivity index (χ0v) is 7.31. The summed E-state index contributed by atoms with van der Waals surface area (Å²) < 4.78 is 13.9. The van der Waals surface area contributed by atoms with Gasteiger partial charge in [0.25, 0.3) is 0 Å². The lowest BCUT2D eigenvalue weighted by Crippen LogP contribution is -2.31. The Hall–Kier alpha value is -1.27. The first-order chi connectivity index (χ1) is 6.19.